The van der Waals surface area contributed by atoms with E-state index in [0.29, 0.717) is 31.3 Å². The number of hydrogen-bond acceptors (Lipinski definition) is 4. The zero-order valence-electron chi connectivity index (χ0n) is 19.3. The SMILES string of the molecule is CCCCOc1ccc(/C=C/C(=O)Nc2ccc(OCc3ccccc3)cc2)cc1OCC. The summed E-state index contributed by atoms with van der Waals surface area (Å²) in [6.07, 6.45) is 5.32. The van der Waals surface area contributed by atoms with Crippen LogP contribution in [0.25, 0.3) is 6.08 Å². The van der Waals surface area contributed by atoms with E-state index < -0.39 is 0 Å². The molecule has 0 unspecified atom stereocenters. The molecule has 0 saturated carbocycles. The van der Waals surface area contributed by atoms with Crippen LogP contribution < -0.4 is 19.5 Å². The number of carbonyl (C=O) groups is 1. The number of ether oxygens (including phenoxy) is 3. The van der Waals surface area contributed by atoms with E-state index in [1.807, 2.05) is 79.7 Å². The summed E-state index contributed by atoms with van der Waals surface area (Å²) in [6.45, 7) is 5.76. The molecule has 5 nitrogen and oxygen atoms in total. The lowest BCUT2D eigenvalue weighted by Gasteiger charge is -2.12. The Hall–Kier alpha value is -3.73. The predicted octanol–water partition coefficient (Wildman–Crippen LogP) is 6.50. The molecule has 0 aliphatic rings. The molecule has 0 aliphatic heterocycles. The Morgan fingerprint density at radius 1 is 0.879 bits per heavy atom. The van der Waals surface area contributed by atoms with Crippen molar-refractivity contribution in [3.8, 4) is 17.2 Å². The molecule has 5 heteroatoms. The summed E-state index contributed by atoms with van der Waals surface area (Å²) in [5, 5.41) is 2.86. The van der Waals surface area contributed by atoms with E-state index in [0.717, 1.165) is 35.5 Å². The van der Waals surface area contributed by atoms with Gasteiger partial charge in [0.2, 0.25) is 5.91 Å². The monoisotopic (exact) mass is 445 g/mol. The van der Waals surface area contributed by atoms with E-state index in [9.17, 15) is 4.79 Å². The molecule has 0 heterocycles. The van der Waals surface area contributed by atoms with E-state index in [1.165, 1.54) is 6.08 Å². The van der Waals surface area contributed by atoms with Crippen LogP contribution in [0.4, 0.5) is 5.69 Å². The summed E-state index contributed by atoms with van der Waals surface area (Å²) < 4.78 is 17.3. The molecule has 3 aromatic rings. The number of nitrogens with one attached hydrogen (secondary N) is 1. The lowest BCUT2D eigenvalue weighted by atomic mass is 10.2. The zero-order chi connectivity index (χ0) is 23.3. The maximum atomic E-state index is 12.3. The Kier molecular flexibility index (Phi) is 9.40. The van der Waals surface area contributed by atoms with Crippen molar-refractivity contribution in [1.29, 1.82) is 0 Å². The molecule has 33 heavy (non-hydrogen) atoms. The third-order valence-corrected chi connectivity index (χ3v) is 4.82. The van der Waals surface area contributed by atoms with Crippen LogP contribution in [0.2, 0.25) is 0 Å². The minimum Gasteiger partial charge on any atom is -0.490 e. The summed E-state index contributed by atoms with van der Waals surface area (Å²) in [4.78, 5) is 12.3. The Morgan fingerprint density at radius 3 is 2.39 bits per heavy atom. The molecule has 3 aromatic carbocycles. The number of anilines is 1. The predicted molar refractivity (Wildman–Crippen MR) is 133 cm³/mol. The average molecular weight is 446 g/mol. The second kappa shape index (κ2) is 13.0. The number of benzene rings is 3. The molecule has 1 N–H and O–H groups in total. The van der Waals surface area contributed by atoms with E-state index in [2.05, 4.69) is 12.2 Å². The largest absolute Gasteiger partial charge is 0.490 e. The molecule has 172 valence electrons. The highest BCUT2D eigenvalue weighted by atomic mass is 16.5. The van der Waals surface area contributed by atoms with Crippen molar-refractivity contribution in [3.63, 3.8) is 0 Å². The van der Waals surface area contributed by atoms with Gasteiger partial charge in [0.15, 0.2) is 11.5 Å². The van der Waals surface area contributed by atoms with Crippen molar-refractivity contribution in [2.45, 2.75) is 33.3 Å². The van der Waals surface area contributed by atoms with E-state index in [1.54, 1.807) is 6.08 Å². The molecule has 3 rings (SSSR count). The standard InChI is InChI=1S/C28H31NO4/c1-3-5-19-32-26-17-11-22(20-27(26)31-4-2)12-18-28(30)29-24-13-15-25(16-14-24)33-21-23-9-7-6-8-10-23/h6-18,20H,3-5,19,21H2,1-2H3,(H,29,30)/b18-12+. The fourth-order valence-corrected chi connectivity index (χ4v) is 3.07. The lowest BCUT2D eigenvalue weighted by molar-refractivity contribution is -0.111. The van der Waals surface area contributed by atoms with Gasteiger partial charge in [0.05, 0.1) is 13.2 Å². The van der Waals surface area contributed by atoms with Crippen LogP contribution in [0, 0.1) is 0 Å². The minimum absolute atomic E-state index is 0.214. The summed E-state index contributed by atoms with van der Waals surface area (Å²) in [7, 11) is 0. The highest BCUT2D eigenvalue weighted by Gasteiger charge is 2.06. The minimum atomic E-state index is -0.214. The number of carbonyl (C=O) groups excluding carboxylic acids is 1. The number of unbranched alkanes of at least 4 members (excludes halogenated alkanes) is 1. The van der Waals surface area contributed by atoms with Gasteiger partial charge in [-0.05, 0) is 66.9 Å². The van der Waals surface area contributed by atoms with Crippen LogP contribution in [-0.4, -0.2) is 19.1 Å². The smallest absolute Gasteiger partial charge is 0.248 e. The maximum absolute atomic E-state index is 12.3. The molecule has 0 bridgehead atoms. The van der Waals surface area contributed by atoms with Crippen molar-refractivity contribution in [1.82, 2.24) is 0 Å². The maximum Gasteiger partial charge on any atom is 0.248 e. The summed E-state index contributed by atoms with van der Waals surface area (Å²) >= 11 is 0. The van der Waals surface area contributed by atoms with Crippen molar-refractivity contribution in [2.24, 2.45) is 0 Å². The van der Waals surface area contributed by atoms with E-state index in [4.69, 9.17) is 14.2 Å². The third kappa shape index (κ3) is 8.04. The second-order valence-corrected chi connectivity index (χ2v) is 7.46. The Labute approximate surface area is 196 Å². The first kappa shape index (κ1) is 23.9. The molecule has 0 saturated heterocycles. The lowest BCUT2D eigenvalue weighted by Crippen LogP contribution is -2.07. The van der Waals surface area contributed by atoms with Crippen molar-refractivity contribution in [3.05, 3.63) is 90.0 Å². The van der Waals surface area contributed by atoms with Crippen molar-refractivity contribution < 1.29 is 19.0 Å². The van der Waals surface area contributed by atoms with Gasteiger partial charge >= 0.3 is 0 Å². The van der Waals surface area contributed by atoms with Gasteiger partial charge in [0.1, 0.15) is 12.4 Å². The molecule has 0 aromatic heterocycles. The molecular weight excluding hydrogens is 414 g/mol. The fraction of sp³-hybridized carbons (Fsp3) is 0.250. The molecule has 0 radical (unpaired) electrons. The number of rotatable bonds is 12. The van der Waals surface area contributed by atoms with Crippen molar-refractivity contribution >= 4 is 17.7 Å². The van der Waals surface area contributed by atoms with Crippen LogP contribution in [0.5, 0.6) is 17.2 Å². The molecule has 0 atom stereocenters. The number of amides is 1. The van der Waals surface area contributed by atoms with Gasteiger partial charge in [-0.25, -0.2) is 0 Å². The van der Waals surface area contributed by atoms with Crippen LogP contribution in [0.15, 0.2) is 78.9 Å². The second-order valence-electron chi connectivity index (χ2n) is 7.46. The highest BCUT2D eigenvalue weighted by molar-refractivity contribution is 6.02. The molecule has 0 fully saturated rings. The van der Waals surface area contributed by atoms with Gasteiger partial charge in [-0.1, -0.05) is 49.7 Å². The summed E-state index contributed by atoms with van der Waals surface area (Å²) in [5.41, 5.74) is 2.67. The van der Waals surface area contributed by atoms with E-state index >= 15 is 0 Å². The van der Waals surface area contributed by atoms with Gasteiger partial charge in [-0.2, -0.15) is 0 Å². The first-order chi connectivity index (χ1) is 16.2. The van der Waals surface area contributed by atoms with Gasteiger partial charge in [0.25, 0.3) is 0 Å². The van der Waals surface area contributed by atoms with Crippen LogP contribution in [-0.2, 0) is 11.4 Å². The first-order valence-corrected chi connectivity index (χ1v) is 11.3. The zero-order valence-corrected chi connectivity index (χ0v) is 19.3. The Balaban J connectivity index is 1.54. The van der Waals surface area contributed by atoms with Crippen LogP contribution in [0.3, 0.4) is 0 Å². The first-order valence-electron chi connectivity index (χ1n) is 11.3. The molecule has 0 aliphatic carbocycles. The molecule has 1 amide bonds. The van der Waals surface area contributed by atoms with Gasteiger partial charge in [-0.3, -0.25) is 4.79 Å². The summed E-state index contributed by atoms with van der Waals surface area (Å²) in [6, 6.07) is 23.0. The Morgan fingerprint density at radius 2 is 1.67 bits per heavy atom. The van der Waals surface area contributed by atoms with Gasteiger partial charge in [0, 0.05) is 11.8 Å². The number of hydrogen-bond donors (Lipinski definition) is 1. The van der Waals surface area contributed by atoms with Crippen molar-refractivity contribution in [2.75, 3.05) is 18.5 Å². The molecular formula is C28H31NO4. The van der Waals surface area contributed by atoms with Gasteiger partial charge < -0.3 is 19.5 Å². The van der Waals surface area contributed by atoms with E-state index in [-0.39, 0.29) is 5.91 Å². The highest BCUT2D eigenvalue weighted by Crippen LogP contribution is 2.29. The molecule has 0 spiro atoms. The topological polar surface area (TPSA) is 56.8 Å². The average Bonchev–Trinajstić information content (AvgIpc) is 2.84. The van der Waals surface area contributed by atoms with Crippen LogP contribution in [0.1, 0.15) is 37.8 Å². The van der Waals surface area contributed by atoms with Crippen LogP contribution >= 0.6 is 0 Å². The quantitative estimate of drug-likeness (QED) is 0.256. The fourth-order valence-electron chi connectivity index (χ4n) is 3.07. The van der Waals surface area contributed by atoms with Gasteiger partial charge in [-0.15, -0.1) is 0 Å². The summed E-state index contributed by atoms with van der Waals surface area (Å²) in [5.74, 6) is 1.94. The Bertz CT molecular complexity index is 1030. The normalized spacial score (nSPS) is 10.7. The third-order valence-electron chi connectivity index (χ3n) is 4.82.